The van der Waals surface area contributed by atoms with Gasteiger partial charge in [-0.15, -0.1) is 5.54 Å². The zero-order chi connectivity index (χ0) is 29.1. The maximum absolute atomic E-state index is 14.3. The van der Waals surface area contributed by atoms with E-state index >= 15 is 0 Å². The van der Waals surface area contributed by atoms with Crippen LogP contribution < -0.4 is 14.4 Å². The Labute approximate surface area is 248 Å². The van der Waals surface area contributed by atoms with Gasteiger partial charge in [-0.1, -0.05) is 61.6 Å². The molecule has 2 aliphatic heterocycles. The lowest BCUT2D eigenvalue weighted by molar-refractivity contribution is 0.0912. The highest BCUT2D eigenvalue weighted by Gasteiger charge is 2.36. The van der Waals surface area contributed by atoms with Gasteiger partial charge < -0.3 is 14.4 Å². The maximum atomic E-state index is 14.3. The van der Waals surface area contributed by atoms with Crippen molar-refractivity contribution >= 4 is 43.0 Å². The molecule has 3 aromatic rings. The number of piperidine rings is 1. The summed E-state index contributed by atoms with van der Waals surface area (Å²) in [5, 5.41) is 0. The average molecular weight is 585 g/mol. The number of urea groups is 1. The Bertz CT molecular complexity index is 1490. The molecule has 0 saturated carbocycles. The van der Waals surface area contributed by atoms with E-state index in [0.717, 1.165) is 40.4 Å². The Hall–Kier alpha value is -3.67. The predicted octanol–water partition coefficient (Wildman–Crippen LogP) is 7.78. The minimum atomic E-state index is -1.70. The van der Waals surface area contributed by atoms with Crippen LogP contribution in [0.4, 0.5) is 16.2 Å². The van der Waals surface area contributed by atoms with Crippen LogP contribution >= 0.6 is 11.8 Å². The number of ether oxygens (including phenoxy) is 2. The van der Waals surface area contributed by atoms with E-state index in [1.165, 1.54) is 0 Å². The number of benzene rings is 3. The first-order valence-electron chi connectivity index (χ1n) is 14.0. The molecule has 3 aromatic carbocycles. The fraction of sp³-hybridized carbons (Fsp3) is 0.333. The number of ketones is 1. The van der Waals surface area contributed by atoms with E-state index in [9.17, 15) is 9.59 Å². The summed E-state index contributed by atoms with van der Waals surface area (Å²) in [7, 11) is 1.45. The topological polar surface area (TPSA) is 59.1 Å². The SMILES string of the molecule is COc1cc(C#C[Si](C)(C)C)c(C(=O)C[C@H]2CCCCN2C(=O)N2c3ccccc3Sc3ccccc32)cc1OC. The second kappa shape index (κ2) is 12.1. The molecule has 2 amide bonds. The van der Waals surface area contributed by atoms with Crippen LogP contribution in [-0.2, 0) is 0 Å². The van der Waals surface area contributed by atoms with Crippen LogP contribution in [0.3, 0.4) is 0 Å². The minimum absolute atomic E-state index is 0.0504. The highest BCUT2D eigenvalue weighted by molar-refractivity contribution is 7.99. The smallest absolute Gasteiger partial charge is 0.329 e. The number of carbonyl (C=O) groups is 2. The van der Waals surface area contributed by atoms with E-state index in [-0.39, 0.29) is 24.3 Å². The van der Waals surface area contributed by atoms with Gasteiger partial charge in [-0.25, -0.2) is 4.79 Å². The number of hydrogen-bond acceptors (Lipinski definition) is 5. The number of likely N-dealkylation sites (tertiary alicyclic amines) is 1. The first kappa shape index (κ1) is 28.8. The Balaban J connectivity index is 1.48. The molecule has 2 aliphatic rings. The van der Waals surface area contributed by atoms with Gasteiger partial charge >= 0.3 is 6.03 Å². The van der Waals surface area contributed by atoms with Crippen LogP contribution in [0.25, 0.3) is 0 Å². The normalized spacial score (nSPS) is 16.2. The molecule has 0 spiro atoms. The van der Waals surface area contributed by atoms with Crippen molar-refractivity contribution in [2.75, 3.05) is 25.7 Å². The van der Waals surface area contributed by atoms with E-state index in [4.69, 9.17) is 9.47 Å². The van der Waals surface area contributed by atoms with Crippen LogP contribution in [-0.4, -0.2) is 51.6 Å². The van der Waals surface area contributed by atoms with E-state index in [1.54, 1.807) is 38.1 Å². The van der Waals surface area contributed by atoms with Gasteiger partial charge in [0.15, 0.2) is 17.3 Å². The molecular formula is C33H36N2O4SSi. The number of hydrogen-bond donors (Lipinski definition) is 0. The first-order chi connectivity index (χ1) is 19.7. The number of para-hydroxylation sites is 2. The number of methoxy groups -OCH3 is 2. The monoisotopic (exact) mass is 584 g/mol. The van der Waals surface area contributed by atoms with Gasteiger partial charge in [0, 0.05) is 46.0 Å². The summed E-state index contributed by atoms with van der Waals surface area (Å²) in [6.45, 7) is 7.12. The van der Waals surface area contributed by atoms with Crippen molar-refractivity contribution in [2.45, 2.75) is 61.2 Å². The third-order valence-corrected chi connectivity index (χ3v) is 9.32. The van der Waals surface area contributed by atoms with Crippen molar-refractivity contribution in [3.05, 3.63) is 71.8 Å². The van der Waals surface area contributed by atoms with Crippen LogP contribution in [0.2, 0.25) is 19.6 Å². The second-order valence-corrected chi connectivity index (χ2v) is 17.2. The summed E-state index contributed by atoms with van der Waals surface area (Å²) < 4.78 is 11.0. The molecule has 0 aromatic heterocycles. The van der Waals surface area contributed by atoms with Gasteiger partial charge in [0.25, 0.3) is 0 Å². The fourth-order valence-electron chi connectivity index (χ4n) is 5.30. The predicted molar refractivity (Wildman–Crippen MR) is 168 cm³/mol. The third-order valence-electron chi connectivity index (χ3n) is 7.31. The summed E-state index contributed by atoms with van der Waals surface area (Å²) in [5.41, 5.74) is 6.28. The Morgan fingerprint density at radius 3 is 2.15 bits per heavy atom. The van der Waals surface area contributed by atoms with Crippen molar-refractivity contribution < 1.29 is 19.1 Å². The fourth-order valence-corrected chi connectivity index (χ4v) is 6.86. The number of rotatable bonds is 5. The van der Waals surface area contributed by atoms with E-state index < -0.39 is 8.07 Å². The zero-order valence-electron chi connectivity index (χ0n) is 24.3. The van der Waals surface area contributed by atoms with Crippen LogP contribution in [0, 0.1) is 11.5 Å². The number of amides is 2. The summed E-state index contributed by atoms with van der Waals surface area (Å²) in [6.07, 6.45) is 2.87. The van der Waals surface area contributed by atoms with Crippen molar-refractivity contribution in [1.29, 1.82) is 0 Å². The average Bonchev–Trinajstić information content (AvgIpc) is 2.97. The Morgan fingerprint density at radius 1 is 0.927 bits per heavy atom. The molecule has 1 atom stereocenters. The molecule has 0 bridgehead atoms. The lowest BCUT2D eigenvalue weighted by atomic mass is 9.93. The van der Waals surface area contributed by atoms with Gasteiger partial charge in [0.05, 0.1) is 25.6 Å². The molecule has 41 heavy (non-hydrogen) atoms. The zero-order valence-corrected chi connectivity index (χ0v) is 26.1. The van der Waals surface area contributed by atoms with Crippen LogP contribution in [0.15, 0.2) is 70.5 Å². The summed E-state index contributed by atoms with van der Waals surface area (Å²) in [4.78, 5) is 34.1. The van der Waals surface area contributed by atoms with E-state index in [0.29, 0.717) is 29.2 Å². The minimum Gasteiger partial charge on any atom is -0.493 e. The third kappa shape index (κ3) is 6.16. The van der Waals surface area contributed by atoms with Crippen molar-refractivity contribution in [3.8, 4) is 23.0 Å². The molecule has 2 heterocycles. The standard InChI is InChI=1S/C33H36N2O4SSi/c1-38-29-20-23(17-19-41(3,4)5)25(22-30(29)39-2)28(36)21-24-12-10-11-18-34(24)33(37)35-26-13-6-8-15-31(26)40-32-16-9-7-14-27(32)35/h6-9,13-16,20,22,24H,10-12,18,21H2,1-5H3/t24-/m1/s1. The van der Waals surface area contributed by atoms with Gasteiger partial charge in [0.1, 0.15) is 8.07 Å². The lowest BCUT2D eigenvalue weighted by Crippen LogP contribution is -2.50. The van der Waals surface area contributed by atoms with Crippen molar-refractivity contribution in [3.63, 3.8) is 0 Å². The summed E-state index contributed by atoms with van der Waals surface area (Å²) in [6, 6.07) is 19.2. The summed E-state index contributed by atoms with van der Waals surface area (Å²) in [5.74, 6) is 4.25. The van der Waals surface area contributed by atoms with Crippen molar-refractivity contribution in [2.24, 2.45) is 0 Å². The van der Waals surface area contributed by atoms with Gasteiger partial charge in [0.2, 0.25) is 0 Å². The van der Waals surface area contributed by atoms with Gasteiger partial charge in [-0.3, -0.25) is 9.69 Å². The van der Waals surface area contributed by atoms with Gasteiger partial charge in [-0.05, 0) is 49.6 Å². The Kier molecular flexibility index (Phi) is 8.48. The quantitative estimate of drug-likeness (QED) is 0.174. The molecule has 212 valence electrons. The highest BCUT2D eigenvalue weighted by atomic mass is 32.2. The number of anilines is 2. The molecule has 5 rings (SSSR count). The second-order valence-electron chi connectivity index (χ2n) is 11.4. The molecule has 0 aliphatic carbocycles. The molecular weight excluding hydrogens is 549 g/mol. The highest BCUT2D eigenvalue weighted by Crippen LogP contribution is 2.48. The Morgan fingerprint density at radius 2 is 1.54 bits per heavy atom. The molecule has 8 heteroatoms. The molecule has 0 unspecified atom stereocenters. The number of Topliss-reactive ketones (excluding diaryl/α,β-unsaturated/α-hetero) is 1. The molecule has 1 fully saturated rings. The first-order valence-corrected chi connectivity index (χ1v) is 18.3. The van der Waals surface area contributed by atoms with Gasteiger partial charge in [-0.2, -0.15) is 0 Å². The summed E-state index contributed by atoms with van der Waals surface area (Å²) >= 11 is 1.67. The molecule has 1 saturated heterocycles. The van der Waals surface area contributed by atoms with Crippen molar-refractivity contribution in [1.82, 2.24) is 4.90 Å². The maximum Gasteiger partial charge on any atom is 0.329 e. The molecule has 0 radical (unpaired) electrons. The molecule has 6 nitrogen and oxygen atoms in total. The lowest BCUT2D eigenvalue weighted by Gasteiger charge is -2.40. The number of fused-ring (bicyclic) bond motifs is 2. The number of carbonyl (C=O) groups excluding carboxylic acids is 2. The van der Waals surface area contributed by atoms with Crippen LogP contribution in [0.1, 0.15) is 41.6 Å². The van der Waals surface area contributed by atoms with E-state index in [1.807, 2.05) is 58.3 Å². The largest absolute Gasteiger partial charge is 0.493 e. The van der Waals surface area contributed by atoms with Crippen LogP contribution in [0.5, 0.6) is 11.5 Å². The van der Waals surface area contributed by atoms with E-state index in [2.05, 4.69) is 31.1 Å². The number of nitrogens with zero attached hydrogens (tertiary/aromatic N) is 2. The molecule has 0 N–H and O–H groups in total.